The van der Waals surface area contributed by atoms with Gasteiger partial charge in [-0.1, -0.05) is 53.8 Å². The van der Waals surface area contributed by atoms with Crippen molar-refractivity contribution in [1.29, 1.82) is 0 Å². The summed E-state index contributed by atoms with van der Waals surface area (Å²) in [5, 5.41) is 11.1. The van der Waals surface area contributed by atoms with Gasteiger partial charge in [-0.15, -0.1) is 0 Å². The molecule has 10 heteroatoms. The van der Waals surface area contributed by atoms with Crippen molar-refractivity contribution in [1.82, 2.24) is 4.90 Å². The number of nitrogens with zero attached hydrogens (tertiary/aromatic N) is 2. The Hall–Kier alpha value is -3.27. The summed E-state index contributed by atoms with van der Waals surface area (Å²) in [6.45, 7) is 0.456. The van der Waals surface area contributed by atoms with E-state index in [0.29, 0.717) is 25.6 Å². The zero-order chi connectivity index (χ0) is 24.2. The predicted octanol–water partition coefficient (Wildman–Crippen LogP) is 6.37. The fraction of sp³-hybridized carbons (Fsp3) is 0.0833. The van der Waals surface area contributed by atoms with Gasteiger partial charge in [-0.3, -0.25) is 19.8 Å². The van der Waals surface area contributed by atoms with Crippen molar-refractivity contribution in [2.75, 3.05) is 0 Å². The molecule has 6 nitrogen and oxygen atoms in total. The number of carbonyl (C=O) groups is 1. The van der Waals surface area contributed by atoms with Gasteiger partial charge < -0.3 is 4.74 Å². The number of hydrogen-bond donors (Lipinski definition) is 0. The van der Waals surface area contributed by atoms with Gasteiger partial charge in [-0.2, -0.15) is 0 Å². The van der Waals surface area contributed by atoms with Crippen LogP contribution in [-0.4, -0.2) is 20.1 Å². The van der Waals surface area contributed by atoms with E-state index in [1.165, 1.54) is 40.9 Å². The van der Waals surface area contributed by atoms with Crippen molar-refractivity contribution in [2.24, 2.45) is 0 Å². The number of ether oxygens (including phenoxy) is 1. The van der Waals surface area contributed by atoms with Crippen molar-refractivity contribution in [3.63, 3.8) is 0 Å². The molecule has 1 fully saturated rings. The molecule has 1 aliphatic heterocycles. The average Bonchev–Trinajstić information content (AvgIpc) is 3.07. The molecule has 0 N–H and O–H groups in total. The van der Waals surface area contributed by atoms with E-state index in [4.69, 9.17) is 28.6 Å². The van der Waals surface area contributed by atoms with Crippen molar-refractivity contribution >= 4 is 57.6 Å². The molecule has 3 aromatic rings. The van der Waals surface area contributed by atoms with Gasteiger partial charge >= 0.3 is 0 Å². The van der Waals surface area contributed by atoms with E-state index in [-0.39, 0.29) is 30.6 Å². The molecule has 4 rings (SSSR count). The van der Waals surface area contributed by atoms with Crippen LogP contribution in [0.3, 0.4) is 0 Å². The Kier molecular flexibility index (Phi) is 7.26. The van der Waals surface area contributed by atoms with E-state index >= 15 is 0 Å². The minimum Gasteiger partial charge on any atom is -0.487 e. The highest BCUT2D eigenvalue weighted by atomic mass is 35.5. The van der Waals surface area contributed by atoms with Crippen LogP contribution in [0.2, 0.25) is 5.02 Å². The number of thioether (sulfide) groups is 1. The molecule has 1 aliphatic rings. The summed E-state index contributed by atoms with van der Waals surface area (Å²) in [4.78, 5) is 25.1. The molecular weight excluding hydrogens is 499 g/mol. The topological polar surface area (TPSA) is 72.7 Å². The van der Waals surface area contributed by atoms with Gasteiger partial charge in [-0.25, -0.2) is 4.39 Å². The van der Waals surface area contributed by atoms with Crippen molar-refractivity contribution < 1.29 is 18.8 Å². The molecule has 1 heterocycles. The first-order valence-corrected chi connectivity index (χ1v) is 11.6. The van der Waals surface area contributed by atoms with Gasteiger partial charge in [0.25, 0.3) is 11.6 Å². The number of hydrogen-bond acceptors (Lipinski definition) is 6. The number of carbonyl (C=O) groups excluding carboxylic acids is 1. The second-order valence-electron chi connectivity index (χ2n) is 7.30. The lowest BCUT2D eigenvalue weighted by Gasteiger charge is -2.14. The Labute approximate surface area is 209 Å². The minimum atomic E-state index is -0.461. The van der Waals surface area contributed by atoms with Gasteiger partial charge in [0.2, 0.25) is 0 Å². The summed E-state index contributed by atoms with van der Waals surface area (Å²) >= 11 is 12.9. The van der Waals surface area contributed by atoms with Crippen LogP contribution in [0.1, 0.15) is 16.7 Å². The van der Waals surface area contributed by atoms with Crippen LogP contribution in [0.4, 0.5) is 10.1 Å². The molecule has 0 aliphatic carbocycles. The maximum Gasteiger partial charge on any atom is 0.269 e. The number of non-ortho nitro benzene ring substituents is 1. The Morgan fingerprint density at radius 1 is 1.09 bits per heavy atom. The Morgan fingerprint density at radius 2 is 1.76 bits per heavy atom. The first-order valence-electron chi connectivity index (χ1n) is 9.95. The maximum atomic E-state index is 13.1. The predicted molar refractivity (Wildman–Crippen MR) is 134 cm³/mol. The summed E-state index contributed by atoms with van der Waals surface area (Å²) in [5.74, 6) is -0.124. The van der Waals surface area contributed by atoms with Crippen LogP contribution in [0.25, 0.3) is 6.08 Å². The highest BCUT2D eigenvalue weighted by molar-refractivity contribution is 8.26. The van der Waals surface area contributed by atoms with Gasteiger partial charge in [0, 0.05) is 12.1 Å². The molecule has 172 valence electrons. The summed E-state index contributed by atoms with van der Waals surface area (Å²) in [6, 6.07) is 17.1. The number of nitro benzene ring substituents is 1. The number of nitro groups is 1. The van der Waals surface area contributed by atoms with Gasteiger partial charge in [0.05, 0.1) is 21.4 Å². The summed E-state index contributed by atoms with van der Waals surface area (Å²) in [6.07, 6.45) is 1.70. The zero-order valence-corrected chi connectivity index (χ0v) is 19.8. The fourth-order valence-corrected chi connectivity index (χ4v) is 4.66. The fourth-order valence-electron chi connectivity index (χ4n) is 3.16. The third-order valence-electron chi connectivity index (χ3n) is 4.92. The smallest absolute Gasteiger partial charge is 0.269 e. The third kappa shape index (κ3) is 5.61. The molecule has 0 unspecified atom stereocenters. The van der Waals surface area contributed by atoms with E-state index in [1.54, 1.807) is 48.5 Å². The number of thiocarbonyl (C=S) groups is 1. The second kappa shape index (κ2) is 10.3. The molecule has 0 radical (unpaired) electrons. The Bertz CT molecular complexity index is 1300. The lowest BCUT2D eigenvalue weighted by molar-refractivity contribution is -0.384. The van der Waals surface area contributed by atoms with Crippen LogP contribution < -0.4 is 4.74 Å². The molecule has 0 bridgehead atoms. The summed E-state index contributed by atoms with van der Waals surface area (Å²) < 4.78 is 19.3. The minimum absolute atomic E-state index is 0.00853. The molecule has 0 saturated carbocycles. The number of rotatable bonds is 7. The monoisotopic (exact) mass is 514 g/mol. The lowest BCUT2D eigenvalue weighted by Crippen LogP contribution is -2.27. The molecule has 0 spiro atoms. The highest BCUT2D eigenvalue weighted by Gasteiger charge is 2.32. The normalized spacial score (nSPS) is 14.6. The van der Waals surface area contributed by atoms with Gasteiger partial charge in [0.1, 0.15) is 22.5 Å². The second-order valence-corrected chi connectivity index (χ2v) is 9.38. The lowest BCUT2D eigenvalue weighted by atomic mass is 10.2. The quantitative estimate of drug-likeness (QED) is 0.158. The molecule has 0 aromatic heterocycles. The number of amides is 1. The van der Waals surface area contributed by atoms with E-state index in [1.807, 2.05) is 0 Å². The van der Waals surface area contributed by atoms with Crippen LogP contribution >= 0.6 is 35.6 Å². The van der Waals surface area contributed by atoms with Crippen LogP contribution in [0.5, 0.6) is 5.75 Å². The molecule has 1 saturated heterocycles. The number of halogens is 2. The van der Waals surface area contributed by atoms with E-state index in [2.05, 4.69) is 0 Å². The Balaban J connectivity index is 1.42. The van der Waals surface area contributed by atoms with Gasteiger partial charge in [0.15, 0.2) is 0 Å². The first kappa shape index (κ1) is 23.9. The van der Waals surface area contributed by atoms with E-state index in [0.717, 1.165) is 11.1 Å². The van der Waals surface area contributed by atoms with Crippen LogP contribution in [0, 0.1) is 15.9 Å². The molecule has 3 aromatic carbocycles. The average molecular weight is 515 g/mol. The van der Waals surface area contributed by atoms with E-state index < -0.39 is 4.92 Å². The summed E-state index contributed by atoms with van der Waals surface area (Å²) in [5.41, 5.74) is 2.25. The maximum absolute atomic E-state index is 13.1. The molecular formula is C24H16ClFN2O4S2. The van der Waals surface area contributed by atoms with Gasteiger partial charge in [-0.05, 0) is 59.2 Å². The van der Waals surface area contributed by atoms with E-state index in [9.17, 15) is 19.3 Å². The van der Waals surface area contributed by atoms with Crippen LogP contribution in [0.15, 0.2) is 71.6 Å². The van der Waals surface area contributed by atoms with Crippen LogP contribution in [-0.2, 0) is 17.9 Å². The molecule has 34 heavy (non-hydrogen) atoms. The SMILES string of the molecule is O=C1C(=Cc2ccc(OCc3ccc([N+](=O)[O-])cc3)c(Cl)c2)SC(=S)N1Cc1ccc(F)cc1. The third-order valence-corrected chi connectivity index (χ3v) is 6.60. The summed E-state index contributed by atoms with van der Waals surface area (Å²) in [7, 11) is 0. The highest BCUT2D eigenvalue weighted by Crippen LogP contribution is 2.35. The standard InChI is InChI=1S/C24H16ClFN2O4S2/c25-20-11-17(5-10-21(20)32-14-16-3-8-19(9-4-16)28(30)31)12-22-23(29)27(24(33)34-22)13-15-1-6-18(26)7-2-15/h1-12H,13-14H2. The molecule has 1 amide bonds. The first-order chi connectivity index (χ1) is 16.3. The van der Waals surface area contributed by atoms with Crippen molar-refractivity contribution in [3.8, 4) is 5.75 Å². The van der Waals surface area contributed by atoms with Crippen molar-refractivity contribution in [3.05, 3.63) is 109 Å². The Morgan fingerprint density at radius 3 is 2.41 bits per heavy atom. The molecule has 0 atom stereocenters. The largest absolute Gasteiger partial charge is 0.487 e. The van der Waals surface area contributed by atoms with Crippen molar-refractivity contribution in [2.45, 2.75) is 13.2 Å². The number of benzene rings is 3. The zero-order valence-electron chi connectivity index (χ0n) is 17.4.